The molecule has 1 aliphatic heterocycles. The molecule has 0 radical (unpaired) electrons. The molecule has 2 atom stereocenters. The normalized spacial score (nSPS) is 17.3. The van der Waals surface area contributed by atoms with E-state index in [1.54, 1.807) is 28.4 Å². The van der Waals surface area contributed by atoms with Crippen molar-refractivity contribution in [2.24, 2.45) is 0 Å². The number of fused-ring (bicyclic) bond motifs is 1. The molecule has 6 heteroatoms. The van der Waals surface area contributed by atoms with Gasteiger partial charge in [0.1, 0.15) is 23.4 Å². The Kier molecular flexibility index (Phi) is 5.91. The number of aliphatic hydroxyl groups is 1. The summed E-state index contributed by atoms with van der Waals surface area (Å²) >= 11 is 0. The molecular weight excluding hydrogens is 396 g/mol. The monoisotopic (exact) mass is 422 g/mol. The first-order valence-corrected chi connectivity index (χ1v) is 10.0. The zero-order chi connectivity index (χ0) is 22.0. The molecule has 0 amide bonds. The average Bonchev–Trinajstić information content (AvgIpc) is 2.82. The summed E-state index contributed by atoms with van der Waals surface area (Å²) in [6.07, 6.45) is -0.982. The van der Waals surface area contributed by atoms with E-state index in [2.05, 4.69) is 0 Å². The summed E-state index contributed by atoms with van der Waals surface area (Å²) in [6.45, 7) is 0. The maximum Gasteiger partial charge on any atom is 0.161 e. The first kappa shape index (κ1) is 20.9. The fourth-order valence-electron chi connectivity index (χ4n) is 4.04. The standard InChI is InChI=1S/C25H26O6/c1-27-19-11-10-16(12-21(19)29-3)24-18(26)13-17-20(28-2)14-22(30-4)23(25(17)31-24)15-8-6-5-7-9-15/h5-12,14,18,24,26H,13H2,1-4H3/t18-,24-/m1/s1. The van der Waals surface area contributed by atoms with Crippen LogP contribution >= 0.6 is 0 Å². The molecule has 1 N–H and O–H groups in total. The second-order valence-corrected chi connectivity index (χ2v) is 7.25. The summed E-state index contributed by atoms with van der Waals surface area (Å²) in [4.78, 5) is 0. The molecule has 6 nitrogen and oxygen atoms in total. The third kappa shape index (κ3) is 3.75. The zero-order valence-corrected chi connectivity index (χ0v) is 18.0. The van der Waals surface area contributed by atoms with Gasteiger partial charge in [-0.2, -0.15) is 0 Å². The third-order valence-corrected chi connectivity index (χ3v) is 5.55. The second kappa shape index (κ2) is 8.78. The molecular formula is C25H26O6. The Bertz CT molecular complexity index is 1060. The average molecular weight is 422 g/mol. The van der Waals surface area contributed by atoms with E-state index in [1.807, 2.05) is 54.6 Å². The lowest BCUT2D eigenvalue weighted by molar-refractivity contribution is 0.0201. The van der Waals surface area contributed by atoms with Crippen molar-refractivity contribution in [1.29, 1.82) is 0 Å². The summed E-state index contributed by atoms with van der Waals surface area (Å²) in [5.41, 5.74) is 3.39. The molecule has 0 aromatic heterocycles. The first-order valence-electron chi connectivity index (χ1n) is 10.0. The molecule has 3 aromatic carbocycles. The van der Waals surface area contributed by atoms with Crippen LogP contribution in [0, 0.1) is 0 Å². The van der Waals surface area contributed by atoms with Gasteiger partial charge in [-0.25, -0.2) is 0 Å². The number of hydrogen-bond donors (Lipinski definition) is 1. The number of ether oxygens (including phenoxy) is 5. The fraction of sp³-hybridized carbons (Fsp3) is 0.280. The lowest BCUT2D eigenvalue weighted by atomic mass is 9.90. The van der Waals surface area contributed by atoms with Crippen LogP contribution in [0.15, 0.2) is 54.6 Å². The smallest absolute Gasteiger partial charge is 0.161 e. The highest BCUT2D eigenvalue weighted by atomic mass is 16.5. The van der Waals surface area contributed by atoms with Gasteiger partial charge in [0, 0.05) is 18.1 Å². The van der Waals surface area contributed by atoms with Crippen molar-refractivity contribution in [3.63, 3.8) is 0 Å². The van der Waals surface area contributed by atoms with E-state index < -0.39 is 12.2 Å². The molecule has 0 saturated carbocycles. The fourth-order valence-corrected chi connectivity index (χ4v) is 4.04. The van der Waals surface area contributed by atoms with E-state index in [-0.39, 0.29) is 0 Å². The van der Waals surface area contributed by atoms with Crippen LogP contribution in [0.5, 0.6) is 28.7 Å². The third-order valence-electron chi connectivity index (χ3n) is 5.55. The predicted molar refractivity (Wildman–Crippen MR) is 118 cm³/mol. The van der Waals surface area contributed by atoms with E-state index in [0.29, 0.717) is 35.2 Å². The van der Waals surface area contributed by atoms with Crippen LogP contribution in [0.4, 0.5) is 0 Å². The van der Waals surface area contributed by atoms with Crippen molar-refractivity contribution in [1.82, 2.24) is 0 Å². The molecule has 0 spiro atoms. The van der Waals surface area contributed by atoms with Gasteiger partial charge in [-0.05, 0) is 23.3 Å². The van der Waals surface area contributed by atoms with Gasteiger partial charge in [-0.1, -0.05) is 36.4 Å². The summed E-state index contributed by atoms with van der Waals surface area (Å²) < 4.78 is 28.5. The highest BCUT2D eigenvalue weighted by Gasteiger charge is 2.35. The highest BCUT2D eigenvalue weighted by Crippen LogP contribution is 2.50. The van der Waals surface area contributed by atoms with Crippen molar-refractivity contribution in [3.8, 4) is 39.9 Å². The van der Waals surface area contributed by atoms with Gasteiger partial charge in [0.25, 0.3) is 0 Å². The summed E-state index contributed by atoms with van der Waals surface area (Å²) in [7, 11) is 6.39. The predicted octanol–water partition coefficient (Wildman–Crippen LogP) is 4.43. The zero-order valence-electron chi connectivity index (χ0n) is 18.0. The van der Waals surface area contributed by atoms with Crippen LogP contribution in [0.25, 0.3) is 11.1 Å². The Hall–Kier alpha value is -3.38. The minimum atomic E-state index is -0.767. The topological polar surface area (TPSA) is 66.4 Å². The van der Waals surface area contributed by atoms with Crippen LogP contribution in [0.2, 0.25) is 0 Å². The molecule has 0 aliphatic carbocycles. The lowest BCUT2D eigenvalue weighted by Crippen LogP contribution is -2.31. The Morgan fingerprint density at radius 2 is 1.45 bits per heavy atom. The van der Waals surface area contributed by atoms with Gasteiger partial charge in [0.15, 0.2) is 11.5 Å². The molecule has 0 unspecified atom stereocenters. The molecule has 1 heterocycles. The van der Waals surface area contributed by atoms with Crippen LogP contribution in [-0.4, -0.2) is 39.6 Å². The first-order chi connectivity index (χ1) is 15.1. The Labute approximate surface area is 181 Å². The summed E-state index contributed by atoms with van der Waals surface area (Å²) in [5.74, 6) is 3.10. The quantitative estimate of drug-likeness (QED) is 0.634. The lowest BCUT2D eigenvalue weighted by Gasteiger charge is -2.34. The second-order valence-electron chi connectivity index (χ2n) is 7.25. The number of rotatable bonds is 6. The highest BCUT2D eigenvalue weighted by molar-refractivity contribution is 5.81. The molecule has 0 bridgehead atoms. The van der Waals surface area contributed by atoms with Crippen LogP contribution in [0.3, 0.4) is 0 Å². The van der Waals surface area contributed by atoms with Crippen LogP contribution < -0.4 is 23.7 Å². The summed E-state index contributed by atoms with van der Waals surface area (Å²) in [5, 5.41) is 11.0. The number of benzene rings is 3. The molecule has 162 valence electrons. The van der Waals surface area contributed by atoms with Gasteiger partial charge in [0.2, 0.25) is 0 Å². The summed E-state index contributed by atoms with van der Waals surface area (Å²) in [6, 6.07) is 17.3. The molecule has 0 fully saturated rings. The molecule has 31 heavy (non-hydrogen) atoms. The molecule has 3 aromatic rings. The SMILES string of the molecule is COc1ccc([C@H]2Oc3c(c(OC)cc(OC)c3-c3ccccc3)C[C@H]2O)cc1OC. The number of hydrogen-bond acceptors (Lipinski definition) is 6. The van der Waals surface area contributed by atoms with E-state index in [0.717, 1.165) is 22.3 Å². The number of methoxy groups -OCH3 is 4. The van der Waals surface area contributed by atoms with Gasteiger partial charge >= 0.3 is 0 Å². The van der Waals surface area contributed by atoms with Crippen molar-refractivity contribution >= 4 is 0 Å². The van der Waals surface area contributed by atoms with E-state index in [9.17, 15) is 5.11 Å². The van der Waals surface area contributed by atoms with Gasteiger partial charge < -0.3 is 28.8 Å². The van der Waals surface area contributed by atoms with E-state index in [1.165, 1.54) is 0 Å². The largest absolute Gasteiger partial charge is 0.496 e. The van der Waals surface area contributed by atoms with E-state index >= 15 is 0 Å². The minimum Gasteiger partial charge on any atom is -0.496 e. The minimum absolute atomic E-state index is 0.376. The van der Waals surface area contributed by atoms with Crippen molar-refractivity contribution in [3.05, 3.63) is 65.7 Å². The molecule has 1 aliphatic rings. The van der Waals surface area contributed by atoms with Gasteiger partial charge in [0.05, 0.1) is 40.1 Å². The molecule has 0 saturated heterocycles. The van der Waals surface area contributed by atoms with Crippen LogP contribution in [-0.2, 0) is 6.42 Å². The Balaban J connectivity index is 1.86. The Morgan fingerprint density at radius 1 is 0.774 bits per heavy atom. The van der Waals surface area contributed by atoms with E-state index in [4.69, 9.17) is 23.7 Å². The number of aliphatic hydroxyl groups excluding tert-OH is 1. The Morgan fingerprint density at radius 3 is 2.10 bits per heavy atom. The van der Waals surface area contributed by atoms with Crippen LogP contribution in [0.1, 0.15) is 17.2 Å². The maximum atomic E-state index is 11.0. The van der Waals surface area contributed by atoms with Crippen molar-refractivity contribution < 1.29 is 28.8 Å². The van der Waals surface area contributed by atoms with Gasteiger partial charge in [-0.3, -0.25) is 0 Å². The van der Waals surface area contributed by atoms with Crippen molar-refractivity contribution in [2.45, 2.75) is 18.6 Å². The maximum absolute atomic E-state index is 11.0. The molecule has 4 rings (SSSR count). The van der Waals surface area contributed by atoms with Gasteiger partial charge in [-0.15, -0.1) is 0 Å². The van der Waals surface area contributed by atoms with Crippen molar-refractivity contribution in [2.75, 3.05) is 28.4 Å².